The maximum Gasteiger partial charge on any atom is 0.254 e. The molecule has 2 aliphatic heterocycles. The van der Waals surface area contributed by atoms with Gasteiger partial charge >= 0.3 is 0 Å². The molecule has 0 aromatic heterocycles. The molecule has 2 fully saturated rings. The van der Waals surface area contributed by atoms with Crippen LogP contribution >= 0.6 is 0 Å². The van der Waals surface area contributed by atoms with Crippen LogP contribution in [0.1, 0.15) is 54.1 Å². The molecule has 0 saturated carbocycles. The number of ether oxygens (including phenoxy) is 2. The largest absolute Gasteiger partial charge is 0.343 e. The van der Waals surface area contributed by atoms with Crippen LogP contribution in [0.3, 0.4) is 0 Å². The molecule has 0 bridgehead atoms. The highest BCUT2D eigenvalue weighted by Crippen LogP contribution is 2.35. The maximum absolute atomic E-state index is 12.7. The number of piperidine rings is 1. The third-order valence-corrected chi connectivity index (χ3v) is 4.76. The maximum atomic E-state index is 12.7. The molecule has 2 aliphatic rings. The number of hydrogen-bond acceptors (Lipinski definition) is 3. The average molecular weight is 303 g/mol. The molecule has 120 valence electrons. The summed E-state index contributed by atoms with van der Waals surface area (Å²) in [6, 6.07) is 5.97. The molecule has 0 spiro atoms. The fourth-order valence-electron chi connectivity index (χ4n) is 3.44. The van der Waals surface area contributed by atoms with Gasteiger partial charge in [0.15, 0.2) is 5.79 Å². The number of rotatable bonds is 3. The van der Waals surface area contributed by atoms with E-state index in [1.54, 1.807) is 0 Å². The number of carbonyl (C=O) groups excluding carboxylic acids is 1. The summed E-state index contributed by atoms with van der Waals surface area (Å²) in [4.78, 5) is 14.6. The summed E-state index contributed by atoms with van der Waals surface area (Å²) in [6.07, 6.45) is 4.23. The van der Waals surface area contributed by atoms with Gasteiger partial charge in [0.05, 0.1) is 13.2 Å². The van der Waals surface area contributed by atoms with Gasteiger partial charge in [0.1, 0.15) is 0 Å². The molecule has 2 saturated heterocycles. The van der Waals surface area contributed by atoms with E-state index in [9.17, 15) is 4.79 Å². The predicted molar refractivity (Wildman–Crippen MR) is 84.8 cm³/mol. The van der Waals surface area contributed by atoms with Crippen LogP contribution in [0.25, 0.3) is 0 Å². The molecule has 1 aromatic rings. The minimum atomic E-state index is -0.628. The lowest BCUT2D eigenvalue weighted by molar-refractivity contribution is -0.167. The van der Waals surface area contributed by atoms with Gasteiger partial charge in [0.25, 0.3) is 5.91 Å². The minimum Gasteiger partial charge on any atom is -0.343 e. The van der Waals surface area contributed by atoms with E-state index in [1.807, 2.05) is 30.0 Å². The van der Waals surface area contributed by atoms with Gasteiger partial charge in [-0.05, 0) is 43.9 Å². The van der Waals surface area contributed by atoms with Crippen LogP contribution < -0.4 is 0 Å². The van der Waals surface area contributed by atoms with E-state index in [-0.39, 0.29) is 5.91 Å². The molecule has 22 heavy (non-hydrogen) atoms. The lowest BCUT2D eigenvalue weighted by Gasteiger charge is -2.29. The third kappa shape index (κ3) is 2.77. The van der Waals surface area contributed by atoms with Crippen LogP contribution in [0.15, 0.2) is 18.2 Å². The predicted octanol–water partition coefficient (Wildman–Crippen LogP) is 3.23. The van der Waals surface area contributed by atoms with Crippen molar-refractivity contribution in [2.75, 3.05) is 26.3 Å². The molecular formula is C18H25NO3. The van der Waals surface area contributed by atoms with Crippen molar-refractivity contribution in [3.63, 3.8) is 0 Å². The van der Waals surface area contributed by atoms with Crippen molar-refractivity contribution in [2.45, 2.75) is 45.3 Å². The zero-order chi connectivity index (χ0) is 15.6. The van der Waals surface area contributed by atoms with Crippen molar-refractivity contribution in [3.05, 3.63) is 34.9 Å². The highest BCUT2D eigenvalue weighted by Gasteiger charge is 2.37. The van der Waals surface area contributed by atoms with E-state index in [0.717, 1.165) is 49.0 Å². The lowest BCUT2D eigenvalue weighted by atomic mass is 9.97. The third-order valence-electron chi connectivity index (χ3n) is 4.76. The number of aryl methyl sites for hydroxylation is 1. The number of likely N-dealkylation sites (tertiary alicyclic amines) is 1. The van der Waals surface area contributed by atoms with E-state index >= 15 is 0 Å². The Labute approximate surface area is 132 Å². The van der Waals surface area contributed by atoms with Gasteiger partial charge in [0, 0.05) is 30.6 Å². The molecule has 3 rings (SSSR count). The summed E-state index contributed by atoms with van der Waals surface area (Å²) in [5.41, 5.74) is 2.81. The normalized spacial score (nSPS) is 21.1. The summed E-state index contributed by atoms with van der Waals surface area (Å²) < 4.78 is 11.7. The van der Waals surface area contributed by atoms with Crippen LogP contribution in [0.2, 0.25) is 0 Å². The molecule has 0 radical (unpaired) electrons. The van der Waals surface area contributed by atoms with Crippen LogP contribution in [-0.2, 0) is 15.3 Å². The summed E-state index contributed by atoms with van der Waals surface area (Å²) in [5, 5.41) is 0. The Morgan fingerprint density at radius 3 is 2.45 bits per heavy atom. The van der Waals surface area contributed by atoms with Crippen molar-refractivity contribution in [1.29, 1.82) is 0 Å². The van der Waals surface area contributed by atoms with Crippen LogP contribution in [0.4, 0.5) is 0 Å². The van der Waals surface area contributed by atoms with Crippen LogP contribution in [0, 0.1) is 6.92 Å². The molecule has 1 amide bonds. The molecule has 0 atom stereocenters. The molecule has 4 nitrogen and oxygen atoms in total. The van der Waals surface area contributed by atoms with Gasteiger partial charge in [-0.1, -0.05) is 13.0 Å². The fraction of sp³-hybridized carbons (Fsp3) is 0.611. The standard InChI is InChI=1S/C18H25NO3/c1-3-18(21-11-12-22-18)15-7-8-16(14(2)13-15)17(20)19-9-5-4-6-10-19/h7-8,13H,3-6,9-12H2,1-2H3. The SMILES string of the molecule is CCC1(c2ccc(C(=O)N3CCCCC3)c(C)c2)OCCO1. The second-order valence-corrected chi connectivity index (χ2v) is 6.19. The van der Waals surface area contributed by atoms with E-state index in [1.165, 1.54) is 6.42 Å². The fourth-order valence-corrected chi connectivity index (χ4v) is 3.44. The Hall–Kier alpha value is -1.39. The van der Waals surface area contributed by atoms with Crippen molar-refractivity contribution in [2.24, 2.45) is 0 Å². The Bertz CT molecular complexity index is 543. The highest BCUT2D eigenvalue weighted by molar-refractivity contribution is 5.95. The average Bonchev–Trinajstić information content (AvgIpc) is 3.05. The Kier molecular flexibility index (Phi) is 4.50. The van der Waals surface area contributed by atoms with E-state index in [2.05, 4.69) is 6.92 Å². The molecule has 0 N–H and O–H groups in total. The molecule has 0 aliphatic carbocycles. The second kappa shape index (κ2) is 6.39. The van der Waals surface area contributed by atoms with Gasteiger partial charge in [-0.2, -0.15) is 0 Å². The highest BCUT2D eigenvalue weighted by atomic mass is 16.7. The quantitative estimate of drug-likeness (QED) is 0.860. The Morgan fingerprint density at radius 1 is 1.18 bits per heavy atom. The van der Waals surface area contributed by atoms with Crippen molar-refractivity contribution >= 4 is 5.91 Å². The number of nitrogens with zero attached hydrogens (tertiary/aromatic N) is 1. The minimum absolute atomic E-state index is 0.155. The van der Waals surface area contributed by atoms with Gasteiger partial charge < -0.3 is 14.4 Å². The molecule has 0 unspecified atom stereocenters. The van der Waals surface area contributed by atoms with Crippen LogP contribution in [-0.4, -0.2) is 37.1 Å². The van der Waals surface area contributed by atoms with E-state index in [4.69, 9.17) is 9.47 Å². The van der Waals surface area contributed by atoms with Crippen molar-refractivity contribution in [1.82, 2.24) is 4.90 Å². The first-order chi connectivity index (χ1) is 10.7. The zero-order valence-corrected chi connectivity index (χ0v) is 13.6. The monoisotopic (exact) mass is 303 g/mol. The van der Waals surface area contributed by atoms with E-state index < -0.39 is 5.79 Å². The van der Waals surface area contributed by atoms with Crippen LogP contribution in [0.5, 0.6) is 0 Å². The molecule has 2 heterocycles. The van der Waals surface area contributed by atoms with Crippen molar-refractivity contribution < 1.29 is 14.3 Å². The number of carbonyl (C=O) groups is 1. The van der Waals surface area contributed by atoms with Gasteiger partial charge in [-0.15, -0.1) is 0 Å². The molecular weight excluding hydrogens is 278 g/mol. The first-order valence-electron chi connectivity index (χ1n) is 8.34. The summed E-state index contributed by atoms with van der Waals surface area (Å²) in [5.74, 6) is -0.472. The zero-order valence-electron chi connectivity index (χ0n) is 13.6. The number of amides is 1. The second-order valence-electron chi connectivity index (χ2n) is 6.19. The first-order valence-corrected chi connectivity index (χ1v) is 8.34. The molecule has 1 aromatic carbocycles. The van der Waals surface area contributed by atoms with Gasteiger partial charge in [-0.25, -0.2) is 0 Å². The summed E-state index contributed by atoms with van der Waals surface area (Å²) >= 11 is 0. The first kappa shape index (κ1) is 15.5. The van der Waals surface area contributed by atoms with E-state index in [0.29, 0.717) is 13.2 Å². The van der Waals surface area contributed by atoms with Gasteiger partial charge in [0.2, 0.25) is 0 Å². The van der Waals surface area contributed by atoms with Crippen molar-refractivity contribution in [3.8, 4) is 0 Å². The smallest absolute Gasteiger partial charge is 0.254 e. The topological polar surface area (TPSA) is 38.8 Å². The number of benzene rings is 1. The molecule has 4 heteroatoms. The Morgan fingerprint density at radius 2 is 1.86 bits per heavy atom. The number of hydrogen-bond donors (Lipinski definition) is 0. The summed E-state index contributed by atoms with van der Waals surface area (Å²) in [7, 11) is 0. The van der Waals surface area contributed by atoms with Gasteiger partial charge in [-0.3, -0.25) is 4.79 Å². The lowest BCUT2D eigenvalue weighted by Crippen LogP contribution is -2.36. The Balaban J connectivity index is 1.84. The summed E-state index contributed by atoms with van der Waals surface area (Å²) in [6.45, 7) is 7.07.